The summed E-state index contributed by atoms with van der Waals surface area (Å²) in [4.78, 5) is 11.1. The number of rotatable bonds is 6. The van der Waals surface area contributed by atoms with Crippen molar-refractivity contribution in [1.29, 1.82) is 0 Å². The maximum atomic E-state index is 11.1. The van der Waals surface area contributed by atoms with Gasteiger partial charge in [0.05, 0.1) is 12.2 Å². The molecule has 0 saturated heterocycles. The number of Topliss-reactive ketones (excluding diaryl/α,β-unsaturated/α-hetero) is 1. The molecule has 21 heavy (non-hydrogen) atoms. The highest BCUT2D eigenvalue weighted by Gasteiger charge is 2.22. The number of benzene rings is 2. The van der Waals surface area contributed by atoms with Gasteiger partial charge in [0, 0.05) is 17.3 Å². The molecule has 0 aliphatic carbocycles. The Kier molecular flexibility index (Phi) is 5.01. The highest BCUT2D eigenvalue weighted by atomic mass is 79.9. The van der Waals surface area contributed by atoms with Gasteiger partial charge in [-0.2, -0.15) is 0 Å². The second-order valence-corrected chi connectivity index (χ2v) is 6.54. The van der Waals surface area contributed by atoms with E-state index in [1.54, 1.807) is 6.92 Å². The summed E-state index contributed by atoms with van der Waals surface area (Å²) in [5.74, 6) is 0.750. The minimum absolute atomic E-state index is 0.0173. The third-order valence-corrected chi connectivity index (χ3v) is 3.81. The lowest BCUT2D eigenvalue weighted by Crippen LogP contribution is -2.29. The molecular formula is C17H19BrO3. The van der Waals surface area contributed by atoms with E-state index in [0.29, 0.717) is 13.0 Å². The third kappa shape index (κ3) is 4.83. The first-order valence-electron chi connectivity index (χ1n) is 6.90. The average Bonchev–Trinajstić information content (AvgIpc) is 2.37. The van der Waals surface area contributed by atoms with Gasteiger partial charge < -0.3 is 9.84 Å². The van der Waals surface area contributed by atoms with Gasteiger partial charge in [-0.25, -0.2) is 0 Å². The normalized spacial score (nSPS) is 13.9. The maximum absolute atomic E-state index is 11.1. The van der Waals surface area contributed by atoms with Crippen molar-refractivity contribution in [2.75, 3.05) is 6.61 Å². The molecule has 0 aliphatic heterocycles. The van der Waals surface area contributed by atoms with Gasteiger partial charge in [0.15, 0.2) is 0 Å². The lowest BCUT2D eigenvalue weighted by Gasteiger charge is -2.21. The van der Waals surface area contributed by atoms with E-state index in [2.05, 4.69) is 22.0 Å². The molecule has 1 atom stereocenters. The van der Waals surface area contributed by atoms with Crippen LogP contribution in [0.3, 0.4) is 0 Å². The fraction of sp³-hybridized carbons (Fsp3) is 0.353. The topological polar surface area (TPSA) is 46.5 Å². The summed E-state index contributed by atoms with van der Waals surface area (Å²) in [6.07, 6.45) is 0.576. The molecule has 4 heteroatoms. The van der Waals surface area contributed by atoms with E-state index in [9.17, 15) is 9.90 Å². The van der Waals surface area contributed by atoms with Gasteiger partial charge in [-0.1, -0.05) is 28.1 Å². The molecule has 0 fully saturated rings. The minimum Gasteiger partial charge on any atom is -0.493 e. The zero-order valence-electron chi connectivity index (χ0n) is 12.2. The molecule has 1 unspecified atom stereocenters. The zero-order valence-corrected chi connectivity index (χ0v) is 13.8. The molecule has 0 aliphatic rings. The van der Waals surface area contributed by atoms with Crippen LogP contribution in [0.4, 0.5) is 0 Å². The molecule has 0 amide bonds. The van der Waals surface area contributed by atoms with Gasteiger partial charge in [-0.3, -0.25) is 4.79 Å². The van der Waals surface area contributed by atoms with Gasteiger partial charge in [0.2, 0.25) is 0 Å². The van der Waals surface area contributed by atoms with Crippen molar-refractivity contribution in [3.63, 3.8) is 0 Å². The highest BCUT2D eigenvalue weighted by Crippen LogP contribution is 2.24. The number of aliphatic hydroxyl groups is 1. The van der Waals surface area contributed by atoms with E-state index >= 15 is 0 Å². The van der Waals surface area contributed by atoms with Gasteiger partial charge in [0.1, 0.15) is 11.5 Å². The van der Waals surface area contributed by atoms with Gasteiger partial charge in [0.25, 0.3) is 0 Å². The van der Waals surface area contributed by atoms with E-state index in [-0.39, 0.29) is 12.2 Å². The van der Waals surface area contributed by atoms with Crippen molar-refractivity contribution in [3.8, 4) is 5.75 Å². The quantitative estimate of drug-likeness (QED) is 0.852. The Balaban J connectivity index is 1.97. The van der Waals surface area contributed by atoms with E-state index in [0.717, 1.165) is 21.0 Å². The number of ether oxygens (including phenoxy) is 1. The van der Waals surface area contributed by atoms with Crippen LogP contribution >= 0.6 is 15.9 Å². The molecule has 0 bridgehead atoms. The lowest BCUT2D eigenvalue weighted by molar-refractivity contribution is -0.121. The van der Waals surface area contributed by atoms with E-state index < -0.39 is 5.60 Å². The number of fused-ring (bicyclic) bond motifs is 1. The molecule has 112 valence electrons. The Hall–Kier alpha value is -1.39. The molecule has 1 N–H and O–H groups in total. The van der Waals surface area contributed by atoms with Crippen molar-refractivity contribution < 1.29 is 14.6 Å². The molecule has 3 nitrogen and oxygen atoms in total. The van der Waals surface area contributed by atoms with Crippen LogP contribution in [0.25, 0.3) is 10.8 Å². The van der Waals surface area contributed by atoms with Crippen LogP contribution in [0.2, 0.25) is 0 Å². The average molecular weight is 351 g/mol. The Labute approximate surface area is 133 Å². The van der Waals surface area contributed by atoms with Crippen LogP contribution < -0.4 is 4.74 Å². The first-order valence-corrected chi connectivity index (χ1v) is 7.69. The molecule has 0 aromatic heterocycles. The smallest absolute Gasteiger partial charge is 0.132 e. The van der Waals surface area contributed by atoms with Crippen LogP contribution in [0.15, 0.2) is 40.9 Å². The molecule has 2 aromatic carbocycles. The lowest BCUT2D eigenvalue weighted by atomic mass is 9.96. The monoisotopic (exact) mass is 350 g/mol. The standard InChI is InChI=1S/C17H19BrO3/c1-12(19)11-17(2,20)7-8-21-16-6-4-13-9-15(18)5-3-14(13)10-16/h3-6,9-10,20H,7-8,11H2,1-2H3. The second-order valence-electron chi connectivity index (χ2n) is 5.63. The predicted molar refractivity (Wildman–Crippen MR) is 87.7 cm³/mol. The molecular weight excluding hydrogens is 332 g/mol. The number of carbonyl (C=O) groups excluding carboxylic acids is 1. The molecule has 0 radical (unpaired) electrons. The van der Waals surface area contributed by atoms with E-state index in [1.807, 2.05) is 30.3 Å². The highest BCUT2D eigenvalue weighted by molar-refractivity contribution is 9.10. The summed E-state index contributed by atoms with van der Waals surface area (Å²) in [6.45, 7) is 3.52. The van der Waals surface area contributed by atoms with Crippen molar-refractivity contribution in [2.24, 2.45) is 0 Å². The van der Waals surface area contributed by atoms with Gasteiger partial charge >= 0.3 is 0 Å². The minimum atomic E-state index is -1.01. The third-order valence-electron chi connectivity index (χ3n) is 3.31. The van der Waals surface area contributed by atoms with Crippen LogP contribution in [0.5, 0.6) is 5.75 Å². The van der Waals surface area contributed by atoms with E-state index in [4.69, 9.17) is 4.74 Å². The summed E-state index contributed by atoms with van der Waals surface area (Å²) in [5, 5.41) is 12.3. The summed E-state index contributed by atoms with van der Waals surface area (Å²) >= 11 is 3.45. The van der Waals surface area contributed by atoms with Gasteiger partial charge in [-0.15, -0.1) is 0 Å². The van der Waals surface area contributed by atoms with Crippen molar-refractivity contribution >= 4 is 32.5 Å². The fourth-order valence-corrected chi connectivity index (χ4v) is 2.68. The zero-order chi connectivity index (χ0) is 15.5. The molecule has 0 heterocycles. The maximum Gasteiger partial charge on any atom is 0.132 e. The van der Waals surface area contributed by atoms with Gasteiger partial charge in [-0.05, 0) is 48.9 Å². The molecule has 0 saturated carbocycles. The molecule has 0 spiro atoms. The summed E-state index contributed by atoms with van der Waals surface area (Å²) in [5.41, 5.74) is -1.01. The second kappa shape index (κ2) is 6.58. The number of hydrogen-bond donors (Lipinski definition) is 1. The largest absolute Gasteiger partial charge is 0.493 e. The first-order chi connectivity index (χ1) is 9.85. The van der Waals surface area contributed by atoms with Crippen LogP contribution in [-0.2, 0) is 4.79 Å². The Morgan fingerprint density at radius 2 is 1.90 bits per heavy atom. The number of ketones is 1. The number of hydrogen-bond acceptors (Lipinski definition) is 3. The summed E-state index contributed by atoms with van der Waals surface area (Å²) < 4.78 is 6.72. The SMILES string of the molecule is CC(=O)CC(C)(O)CCOc1ccc2cc(Br)ccc2c1. The summed E-state index contributed by atoms with van der Waals surface area (Å²) in [7, 11) is 0. The van der Waals surface area contributed by atoms with Crippen molar-refractivity contribution in [3.05, 3.63) is 40.9 Å². The Morgan fingerprint density at radius 3 is 2.62 bits per heavy atom. The van der Waals surface area contributed by atoms with Crippen LogP contribution in [0.1, 0.15) is 26.7 Å². The van der Waals surface area contributed by atoms with Crippen molar-refractivity contribution in [1.82, 2.24) is 0 Å². The van der Waals surface area contributed by atoms with Crippen LogP contribution in [0, 0.1) is 0 Å². The Bertz CT molecular complexity index is 650. The summed E-state index contributed by atoms with van der Waals surface area (Å²) in [6, 6.07) is 12.0. The van der Waals surface area contributed by atoms with Crippen LogP contribution in [-0.4, -0.2) is 23.1 Å². The molecule has 2 aromatic rings. The number of carbonyl (C=O) groups is 1. The first kappa shape index (κ1) is 16.0. The predicted octanol–water partition coefficient (Wildman–Crippen LogP) is 4.10. The molecule has 2 rings (SSSR count). The number of halogens is 1. The Morgan fingerprint density at radius 1 is 1.24 bits per heavy atom. The fourth-order valence-electron chi connectivity index (χ4n) is 2.30. The van der Waals surface area contributed by atoms with Crippen molar-refractivity contribution in [2.45, 2.75) is 32.3 Å². The van der Waals surface area contributed by atoms with E-state index in [1.165, 1.54) is 6.92 Å².